The Labute approximate surface area is 190 Å². The number of hydrogen-bond donors (Lipinski definition) is 0. The molecule has 2 aromatic rings. The van der Waals surface area contributed by atoms with Crippen molar-refractivity contribution < 1.29 is 31.3 Å². The number of hydrogen-bond acceptors (Lipinski definition) is 6. The molecule has 0 unspecified atom stereocenters. The number of nitrogens with zero attached hydrogens (tertiary/aromatic N) is 4. The fraction of sp³-hybridized carbons (Fsp3) is 0.273. The third-order valence-corrected chi connectivity index (χ3v) is 6.05. The molecule has 0 spiro atoms. The first-order valence-corrected chi connectivity index (χ1v) is 9.87. The first-order valence-electron chi connectivity index (χ1n) is 9.87. The largest absolute Gasteiger partial charge is 0.496 e. The molecule has 1 saturated heterocycles. The summed E-state index contributed by atoms with van der Waals surface area (Å²) < 4.78 is 81.3. The molecule has 2 aliphatic heterocycles. The van der Waals surface area contributed by atoms with Gasteiger partial charge in [0.15, 0.2) is 29.1 Å². The summed E-state index contributed by atoms with van der Waals surface area (Å²) in [5, 5.41) is 19.3. The van der Waals surface area contributed by atoms with Gasteiger partial charge in [-0.2, -0.15) is 10.5 Å². The minimum atomic E-state index is -2.36. The Hall–Kier alpha value is -3.61. The van der Waals surface area contributed by atoms with Crippen molar-refractivity contribution in [1.29, 1.82) is 10.5 Å². The van der Waals surface area contributed by atoms with E-state index in [2.05, 4.69) is 9.98 Å². The van der Waals surface area contributed by atoms with Crippen LogP contribution in [0.3, 0.4) is 0 Å². The zero-order chi connectivity index (χ0) is 25.2. The molecular formula is C22H14BF5N4O2. The van der Waals surface area contributed by atoms with Crippen molar-refractivity contribution in [2.75, 3.05) is 0 Å². The van der Waals surface area contributed by atoms with E-state index >= 15 is 0 Å². The molecule has 0 aliphatic carbocycles. The maximum atomic E-state index is 14.3. The first-order chi connectivity index (χ1) is 15.8. The van der Waals surface area contributed by atoms with Gasteiger partial charge in [-0.15, -0.1) is 0 Å². The summed E-state index contributed by atoms with van der Waals surface area (Å²) in [5.41, 5.74) is -3.60. The van der Waals surface area contributed by atoms with Crippen LogP contribution in [0.2, 0.25) is 0 Å². The SMILES string of the molecule is CC1(C)OB(c2ccc3c(c2C#N)=N/C(=C(/C#N)c2c(F)c(F)c(F)c(F)c2F)N=3)OC1(C)C. The highest BCUT2D eigenvalue weighted by molar-refractivity contribution is 6.62. The molecule has 2 heterocycles. The predicted octanol–water partition coefficient (Wildman–Crippen LogP) is 2.70. The third kappa shape index (κ3) is 3.30. The van der Waals surface area contributed by atoms with Crippen LogP contribution in [0.5, 0.6) is 0 Å². The van der Waals surface area contributed by atoms with Gasteiger partial charge in [0, 0.05) is 5.46 Å². The Kier molecular flexibility index (Phi) is 5.35. The number of fused-ring (bicyclic) bond motifs is 1. The van der Waals surface area contributed by atoms with Gasteiger partial charge >= 0.3 is 7.12 Å². The molecule has 4 rings (SSSR count). The van der Waals surface area contributed by atoms with E-state index in [0.717, 1.165) is 0 Å². The van der Waals surface area contributed by atoms with Crippen molar-refractivity contribution >= 4 is 18.2 Å². The lowest BCUT2D eigenvalue weighted by Gasteiger charge is -2.32. The van der Waals surface area contributed by atoms with Crippen molar-refractivity contribution in [3.05, 3.63) is 68.9 Å². The van der Waals surface area contributed by atoms with Crippen LogP contribution in [0, 0.1) is 51.7 Å². The van der Waals surface area contributed by atoms with E-state index in [1.807, 2.05) is 33.8 Å². The zero-order valence-electron chi connectivity index (χ0n) is 18.2. The smallest absolute Gasteiger partial charge is 0.399 e. The Morgan fingerprint density at radius 2 is 1.38 bits per heavy atom. The molecular weight excluding hydrogens is 458 g/mol. The Balaban J connectivity index is 1.93. The number of benzene rings is 2. The molecule has 12 heteroatoms. The number of allylic oxidation sites excluding steroid dienone is 1. The van der Waals surface area contributed by atoms with Crippen LogP contribution in [-0.4, -0.2) is 18.3 Å². The molecule has 0 bridgehead atoms. The molecule has 0 aromatic heterocycles. The molecule has 172 valence electrons. The van der Waals surface area contributed by atoms with Crippen LogP contribution in [0.4, 0.5) is 22.0 Å². The molecule has 2 aliphatic rings. The van der Waals surface area contributed by atoms with E-state index in [1.54, 1.807) is 0 Å². The summed E-state index contributed by atoms with van der Waals surface area (Å²) in [7, 11) is -0.946. The highest BCUT2D eigenvalue weighted by Gasteiger charge is 2.52. The lowest BCUT2D eigenvalue weighted by atomic mass is 9.76. The van der Waals surface area contributed by atoms with E-state index in [-0.39, 0.29) is 16.3 Å². The number of nitriles is 2. The average Bonchev–Trinajstić information content (AvgIpc) is 3.30. The predicted molar refractivity (Wildman–Crippen MR) is 108 cm³/mol. The van der Waals surface area contributed by atoms with Crippen LogP contribution >= 0.6 is 0 Å². The second-order valence-electron chi connectivity index (χ2n) is 8.58. The van der Waals surface area contributed by atoms with Gasteiger partial charge in [0.25, 0.3) is 0 Å². The van der Waals surface area contributed by atoms with E-state index in [0.29, 0.717) is 5.46 Å². The van der Waals surface area contributed by atoms with Crippen molar-refractivity contribution in [3.8, 4) is 12.1 Å². The van der Waals surface area contributed by atoms with E-state index in [4.69, 9.17) is 9.31 Å². The monoisotopic (exact) mass is 472 g/mol. The molecule has 0 saturated carbocycles. The Morgan fingerprint density at radius 1 is 0.853 bits per heavy atom. The normalized spacial score (nSPS) is 19.1. The molecule has 0 radical (unpaired) electrons. The fourth-order valence-electron chi connectivity index (χ4n) is 3.48. The molecule has 2 aromatic carbocycles. The molecule has 0 amide bonds. The highest BCUT2D eigenvalue weighted by Crippen LogP contribution is 2.36. The number of halogens is 5. The van der Waals surface area contributed by atoms with Gasteiger partial charge in [0.1, 0.15) is 23.1 Å². The summed E-state index contributed by atoms with van der Waals surface area (Å²) in [4.78, 5) is 8.01. The van der Waals surface area contributed by atoms with Crippen LogP contribution in [0.25, 0.3) is 5.57 Å². The van der Waals surface area contributed by atoms with Gasteiger partial charge in [-0.1, -0.05) is 6.07 Å². The van der Waals surface area contributed by atoms with Gasteiger partial charge < -0.3 is 9.31 Å². The van der Waals surface area contributed by atoms with Gasteiger partial charge in [-0.05, 0) is 33.8 Å². The molecule has 1 fully saturated rings. The Morgan fingerprint density at radius 3 is 1.88 bits per heavy atom. The maximum Gasteiger partial charge on any atom is 0.496 e. The summed E-state index contributed by atoms with van der Waals surface area (Å²) in [5.74, 6) is -11.8. The van der Waals surface area contributed by atoms with Crippen LogP contribution in [0.15, 0.2) is 27.9 Å². The number of rotatable bonds is 2. The van der Waals surface area contributed by atoms with Gasteiger partial charge in [0.05, 0.1) is 27.7 Å². The van der Waals surface area contributed by atoms with Gasteiger partial charge in [-0.3, -0.25) is 0 Å². The molecule has 6 nitrogen and oxygen atoms in total. The average molecular weight is 472 g/mol. The fourth-order valence-corrected chi connectivity index (χ4v) is 3.48. The second kappa shape index (κ2) is 7.72. The van der Waals surface area contributed by atoms with Crippen LogP contribution in [0.1, 0.15) is 38.8 Å². The van der Waals surface area contributed by atoms with Crippen molar-refractivity contribution in [3.63, 3.8) is 0 Å². The lowest BCUT2D eigenvalue weighted by Crippen LogP contribution is -2.42. The summed E-state index contributed by atoms with van der Waals surface area (Å²) >= 11 is 0. The molecule has 34 heavy (non-hydrogen) atoms. The van der Waals surface area contributed by atoms with E-state index in [1.165, 1.54) is 18.2 Å². The zero-order valence-corrected chi connectivity index (χ0v) is 18.2. The van der Waals surface area contributed by atoms with E-state index < -0.39 is 64.4 Å². The minimum absolute atomic E-state index is 0.0375. The van der Waals surface area contributed by atoms with Gasteiger partial charge in [0.2, 0.25) is 5.82 Å². The van der Waals surface area contributed by atoms with Crippen molar-refractivity contribution in [1.82, 2.24) is 0 Å². The topological polar surface area (TPSA) is 90.8 Å². The van der Waals surface area contributed by atoms with Crippen molar-refractivity contribution in [2.45, 2.75) is 38.9 Å². The summed E-state index contributed by atoms with van der Waals surface area (Å²) in [6, 6.07) is 6.27. The van der Waals surface area contributed by atoms with Crippen LogP contribution in [-0.2, 0) is 9.31 Å². The second-order valence-corrected chi connectivity index (χ2v) is 8.58. The Bertz CT molecular complexity index is 1460. The maximum absolute atomic E-state index is 14.3. The lowest BCUT2D eigenvalue weighted by molar-refractivity contribution is 0.00578. The quantitative estimate of drug-likeness (QED) is 0.221. The molecule has 0 N–H and O–H groups in total. The standard InChI is InChI=1S/C22H14BF5N4O2/c1-21(2)22(3,4)34-23(33-21)11-5-6-12-19(9(11)7-29)32-20(31-12)10(8-30)13-14(24)16(26)18(28)17(27)15(13)25/h5-6H,1-4H3/b20-10-. The highest BCUT2D eigenvalue weighted by atomic mass is 19.2. The third-order valence-electron chi connectivity index (χ3n) is 6.05. The van der Waals surface area contributed by atoms with Crippen molar-refractivity contribution in [2.24, 2.45) is 9.98 Å². The minimum Gasteiger partial charge on any atom is -0.399 e. The van der Waals surface area contributed by atoms with E-state index in [9.17, 15) is 32.5 Å². The first kappa shape index (κ1) is 23.5. The summed E-state index contributed by atoms with van der Waals surface area (Å²) in [6.45, 7) is 7.26. The molecule has 0 atom stereocenters. The summed E-state index contributed by atoms with van der Waals surface area (Å²) in [6.07, 6.45) is 0. The van der Waals surface area contributed by atoms with Gasteiger partial charge in [-0.25, -0.2) is 31.9 Å². The van der Waals surface area contributed by atoms with Crippen LogP contribution < -0.4 is 16.2 Å².